The number of hydrogen-bond acceptors (Lipinski definition) is 5. The van der Waals surface area contributed by atoms with E-state index in [1.54, 1.807) is 18.5 Å². The van der Waals surface area contributed by atoms with E-state index in [0.717, 1.165) is 10.2 Å². The normalized spacial score (nSPS) is 17.6. The summed E-state index contributed by atoms with van der Waals surface area (Å²) in [5.41, 5.74) is 0.859. The Morgan fingerprint density at radius 1 is 1.28 bits per heavy atom. The van der Waals surface area contributed by atoms with Crippen molar-refractivity contribution in [3.05, 3.63) is 41.7 Å². The predicted octanol–water partition coefficient (Wildman–Crippen LogP) is 2.22. The number of morpholine rings is 1. The number of aromatic nitrogens is 4. The Kier molecular flexibility index (Phi) is 5.33. The highest BCUT2D eigenvalue weighted by molar-refractivity contribution is 5.15. The van der Waals surface area contributed by atoms with Gasteiger partial charge in [0.25, 0.3) is 0 Å². The molecule has 1 unspecified atom stereocenters. The summed E-state index contributed by atoms with van der Waals surface area (Å²) in [6, 6.07) is 3.36. The molecule has 0 N–H and O–H groups in total. The van der Waals surface area contributed by atoms with E-state index >= 15 is 0 Å². The van der Waals surface area contributed by atoms with E-state index in [1.807, 2.05) is 13.0 Å². The highest BCUT2D eigenvalue weighted by atomic mass is 19.4. The van der Waals surface area contributed by atoms with Gasteiger partial charge in [-0.05, 0) is 18.6 Å². The number of halogens is 3. The summed E-state index contributed by atoms with van der Waals surface area (Å²) in [5, 5.41) is 4.11. The van der Waals surface area contributed by atoms with Crippen molar-refractivity contribution in [3.63, 3.8) is 0 Å². The summed E-state index contributed by atoms with van der Waals surface area (Å²) in [5.74, 6) is 0.700. The van der Waals surface area contributed by atoms with Crippen molar-refractivity contribution < 1.29 is 17.9 Å². The highest BCUT2D eigenvalue weighted by Crippen LogP contribution is 2.24. The van der Waals surface area contributed by atoms with E-state index in [-0.39, 0.29) is 6.04 Å². The summed E-state index contributed by atoms with van der Waals surface area (Å²) < 4.78 is 45.1. The number of ether oxygens (including phenoxy) is 1. The fraction of sp³-hybridized carbons (Fsp3) is 0.562. The first-order chi connectivity index (χ1) is 11.9. The van der Waals surface area contributed by atoms with Crippen molar-refractivity contribution >= 4 is 0 Å². The van der Waals surface area contributed by atoms with E-state index in [0.29, 0.717) is 44.4 Å². The molecular weight excluding hydrogens is 335 g/mol. The summed E-state index contributed by atoms with van der Waals surface area (Å²) in [4.78, 5) is 10.5. The van der Waals surface area contributed by atoms with Crippen LogP contribution in [0, 0.1) is 0 Å². The number of alkyl halides is 3. The van der Waals surface area contributed by atoms with Gasteiger partial charge in [0.2, 0.25) is 0 Å². The van der Waals surface area contributed by atoms with Gasteiger partial charge >= 0.3 is 6.18 Å². The molecule has 136 valence electrons. The molecule has 3 heterocycles. The number of nitrogens with zero attached hydrogens (tertiary/aromatic N) is 5. The molecule has 0 bridgehead atoms. The summed E-state index contributed by atoms with van der Waals surface area (Å²) in [6.07, 6.45) is -0.694. The van der Waals surface area contributed by atoms with E-state index < -0.39 is 12.7 Å². The van der Waals surface area contributed by atoms with Gasteiger partial charge in [-0.25, -0.2) is 9.67 Å². The fourth-order valence-electron chi connectivity index (χ4n) is 2.89. The predicted molar refractivity (Wildman–Crippen MR) is 83.9 cm³/mol. The number of pyridine rings is 1. The quantitative estimate of drug-likeness (QED) is 0.823. The van der Waals surface area contributed by atoms with Crippen LogP contribution in [-0.2, 0) is 17.7 Å². The Morgan fingerprint density at radius 3 is 2.68 bits per heavy atom. The van der Waals surface area contributed by atoms with Crippen molar-refractivity contribution in [3.8, 4) is 0 Å². The molecule has 1 aliphatic rings. The molecule has 3 rings (SSSR count). The smallest absolute Gasteiger partial charge is 0.379 e. The van der Waals surface area contributed by atoms with Crippen molar-refractivity contribution in [1.29, 1.82) is 0 Å². The van der Waals surface area contributed by atoms with Crippen LogP contribution >= 0.6 is 0 Å². The molecule has 0 amide bonds. The van der Waals surface area contributed by atoms with E-state index in [2.05, 4.69) is 20.0 Å². The molecule has 0 aromatic carbocycles. The lowest BCUT2D eigenvalue weighted by Gasteiger charge is -2.31. The van der Waals surface area contributed by atoms with Crippen LogP contribution in [0.15, 0.2) is 24.5 Å². The molecule has 0 aliphatic carbocycles. The number of rotatable bonds is 5. The molecule has 1 aliphatic heterocycles. The maximum absolute atomic E-state index is 12.9. The Balaban J connectivity index is 1.85. The van der Waals surface area contributed by atoms with Crippen LogP contribution in [0.2, 0.25) is 0 Å². The molecule has 6 nitrogen and oxygen atoms in total. The minimum atomic E-state index is -4.35. The van der Waals surface area contributed by atoms with Crippen LogP contribution in [0.5, 0.6) is 0 Å². The van der Waals surface area contributed by atoms with Crippen LogP contribution in [0.25, 0.3) is 0 Å². The third-order valence-electron chi connectivity index (χ3n) is 4.13. The molecule has 1 atom stereocenters. The average Bonchev–Trinajstić information content (AvgIpc) is 2.96. The second kappa shape index (κ2) is 7.49. The minimum absolute atomic E-state index is 0.263. The first kappa shape index (κ1) is 17.8. The molecule has 1 fully saturated rings. The second-order valence-electron chi connectivity index (χ2n) is 6.02. The van der Waals surface area contributed by atoms with Gasteiger partial charge in [-0.1, -0.05) is 6.07 Å². The highest BCUT2D eigenvalue weighted by Gasteiger charge is 2.32. The maximum Gasteiger partial charge on any atom is 0.408 e. The topological polar surface area (TPSA) is 56.1 Å². The lowest BCUT2D eigenvalue weighted by Crippen LogP contribution is -2.39. The Labute approximate surface area is 143 Å². The molecule has 9 heteroatoms. The maximum atomic E-state index is 12.9. The van der Waals surface area contributed by atoms with Gasteiger partial charge in [0.05, 0.1) is 19.3 Å². The summed E-state index contributed by atoms with van der Waals surface area (Å²) >= 11 is 0. The second-order valence-corrected chi connectivity index (χ2v) is 6.02. The van der Waals surface area contributed by atoms with Gasteiger partial charge in [0, 0.05) is 31.9 Å². The van der Waals surface area contributed by atoms with Gasteiger partial charge in [-0.15, -0.1) is 0 Å². The molecule has 2 aromatic rings. The van der Waals surface area contributed by atoms with Gasteiger partial charge in [-0.2, -0.15) is 18.3 Å². The van der Waals surface area contributed by atoms with Crippen molar-refractivity contribution in [2.24, 2.45) is 0 Å². The van der Waals surface area contributed by atoms with Gasteiger partial charge in [0.1, 0.15) is 12.4 Å². The number of hydrogen-bond donors (Lipinski definition) is 0. The van der Waals surface area contributed by atoms with Crippen molar-refractivity contribution in [1.82, 2.24) is 24.6 Å². The Bertz CT molecular complexity index is 683. The lowest BCUT2D eigenvalue weighted by molar-refractivity contribution is -0.143. The largest absolute Gasteiger partial charge is 0.408 e. The molecule has 2 aromatic heterocycles. The van der Waals surface area contributed by atoms with Crippen LogP contribution < -0.4 is 0 Å². The third kappa shape index (κ3) is 4.76. The molecule has 0 saturated carbocycles. The minimum Gasteiger partial charge on any atom is -0.379 e. The van der Waals surface area contributed by atoms with Crippen LogP contribution in [-0.4, -0.2) is 57.1 Å². The molecular formula is C16H20F3N5O. The lowest BCUT2D eigenvalue weighted by atomic mass is 10.2. The first-order valence-electron chi connectivity index (χ1n) is 8.13. The summed E-state index contributed by atoms with van der Waals surface area (Å²) in [7, 11) is 0. The zero-order chi connectivity index (χ0) is 17.9. The van der Waals surface area contributed by atoms with Crippen molar-refractivity contribution in [2.45, 2.75) is 32.1 Å². The van der Waals surface area contributed by atoms with E-state index in [1.165, 1.54) is 0 Å². The van der Waals surface area contributed by atoms with E-state index in [9.17, 15) is 13.2 Å². The van der Waals surface area contributed by atoms with Crippen LogP contribution in [0.3, 0.4) is 0 Å². The molecule has 0 spiro atoms. The van der Waals surface area contributed by atoms with Crippen LogP contribution in [0.4, 0.5) is 13.2 Å². The van der Waals surface area contributed by atoms with Gasteiger partial charge in [0.15, 0.2) is 5.82 Å². The summed E-state index contributed by atoms with van der Waals surface area (Å²) in [6.45, 7) is 3.18. The Morgan fingerprint density at radius 2 is 2.04 bits per heavy atom. The third-order valence-corrected chi connectivity index (χ3v) is 4.13. The average molecular weight is 355 g/mol. The first-order valence-corrected chi connectivity index (χ1v) is 8.13. The Hall–Kier alpha value is -2.00. The van der Waals surface area contributed by atoms with Crippen molar-refractivity contribution in [2.75, 3.05) is 26.3 Å². The zero-order valence-corrected chi connectivity index (χ0v) is 13.9. The van der Waals surface area contributed by atoms with Crippen LogP contribution in [0.1, 0.15) is 30.2 Å². The van der Waals surface area contributed by atoms with E-state index in [4.69, 9.17) is 4.74 Å². The SMILES string of the molecule is CC(c1nc(Cc2cccnc2)nn1CC(F)(F)F)N1CCOCC1. The van der Waals surface area contributed by atoms with Gasteiger partial charge in [-0.3, -0.25) is 9.88 Å². The molecule has 1 saturated heterocycles. The van der Waals surface area contributed by atoms with Gasteiger partial charge < -0.3 is 4.74 Å². The standard InChI is InChI=1S/C16H20F3N5O/c1-12(23-5-7-25-8-6-23)15-21-14(9-13-3-2-4-20-10-13)22-24(15)11-16(17,18)19/h2-4,10,12H,5-9,11H2,1H3. The molecule has 25 heavy (non-hydrogen) atoms. The fourth-order valence-corrected chi connectivity index (χ4v) is 2.89. The zero-order valence-electron chi connectivity index (χ0n) is 13.9. The molecule has 0 radical (unpaired) electrons. The monoisotopic (exact) mass is 355 g/mol.